The molecule has 0 aromatic rings. The average Bonchev–Trinajstić information content (AvgIpc) is 3.00. The van der Waals surface area contributed by atoms with Crippen LogP contribution in [0.5, 0.6) is 0 Å². The molecule has 2 rings (SSSR count). The number of piperidine rings is 1. The topological polar surface area (TPSA) is 40.5 Å². The summed E-state index contributed by atoms with van der Waals surface area (Å²) in [6, 6.07) is 0. The van der Waals surface area contributed by atoms with Gasteiger partial charge in [0.1, 0.15) is 0 Å². The first-order valence-electron chi connectivity index (χ1n) is 5.35. The Labute approximate surface area is 84.4 Å². The fraction of sp³-hybridized carbons (Fsp3) is 0.727. The zero-order valence-electron chi connectivity index (χ0n) is 8.41. The Hall–Kier alpha value is -0.990. The van der Waals surface area contributed by atoms with Crippen molar-refractivity contribution in [3.63, 3.8) is 0 Å². The number of amides is 1. The van der Waals surface area contributed by atoms with Gasteiger partial charge < -0.3 is 10.0 Å². The Morgan fingerprint density at radius 1 is 1.14 bits per heavy atom. The third kappa shape index (κ3) is 1.91. The van der Waals surface area contributed by atoms with Gasteiger partial charge in [0, 0.05) is 13.1 Å². The van der Waals surface area contributed by atoms with E-state index in [0.717, 1.165) is 18.8 Å². The summed E-state index contributed by atoms with van der Waals surface area (Å²) in [6.07, 6.45) is 3.78. The van der Waals surface area contributed by atoms with Crippen molar-refractivity contribution in [1.82, 2.24) is 4.90 Å². The van der Waals surface area contributed by atoms with E-state index in [0.29, 0.717) is 19.0 Å². The van der Waals surface area contributed by atoms with Crippen molar-refractivity contribution < 1.29 is 9.90 Å². The van der Waals surface area contributed by atoms with E-state index < -0.39 is 6.09 Å². The molecule has 0 radical (unpaired) electrons. The first-order valence-corrected chi connectivity index (χ1v) is 5.35. The number of carbonyl (C=O) groups is 1. The molecule has 1 saturated heterocycles. The fourth-order valence-corrected chi connectivity index (χ4v) is 2.23. The van der Waals surface area contributed by atoms with Crippen LogP contribution in [-0.2, 0) is 0 Å². The molecule has 1 aliphatic heterocycles. The second-order valence-corrected chi connectivity index (χ2v) is 4.39. The van der Waals surface area contributed by atoms with E-state index >= 15 is 0 Å². The molecule has 3 nitrogen and oxygen atoms in total. The normalized spacial score (nSPS) is 23.6. The molecule has 0 spiro atoms. The number of carboxylic acid groups (broad SMARTS) is 1. The Morgan fingerprint density at radius 3 is 2.07 bits per heavy atom. The van der Waals surface area contributed by atoms with E-state index in [9.17, 15) is 4.79 Å². The number of nitrogens with zero attached hydrogens (tertiary/aromatic N) is 1. The van der Waals surface area contributed by atoms with Crippen LogP contribution in [-0.4, -0.2) is 29.2 Å². The summed E-state index contributed by atoms with van der Waals surface area (Å²) in [5.41, 5.74) is 1.38. The summed E-state index contributed by atoms with van der Waals surface area (Å²) in [7, 11) is 0. The van der Waals surface area contributed by atoms with Crippen molar-refractivity contribution >= 4 is 6.09 Å². The van der Waals surface area contributed by atoms with Gasteiger partial charge in [-0.05, 0) is 37.5 Å². The average molecular weight is 195 g/mol. The molecule has 14 heavy (non-hydrogen) atoms. The van der Waals surface area contributed by atoms with Crippen LogP contribution < -0.4 is 0 Å². The van der Waals surface area contributed by atoms with Crippen molar-refractivity contribution in [3.05, 3.63) is 12.2 Å². The van der Waals surface area contributed by atoms with Gasteiger partial charge in [-0.2, -0.15) is 0 Å². The van der Waals surface area contributed by atoms with Crippen molar-refractivity contribution in [3.8, 4) is 0 Å². The van der Waals surface area contributed by atoms with Crippen LogP contribution in [0.25, 0.3) is 0 Å². The first kappa shape index (κ1) is 9.56. The number of hydrogen-bond donors (Lipinski definition) is 1. The summed E-state index contributed by atoms with van der Waals surface area (Å²) in [6.45, 7) is 5.52. The highest BCUT2D eigenvalue weighted by molar-refractivity contribution is 5.65. The van der Waals surface area contributed by atoms with Crippen LogP contribution >= 0.6 is 0 Å². The van der Waals surface area contributed by atoms with Crippen LogP contribution in [0.2, 0.25) is 0 Å². The SMILES string of the molecule is C=C(C1CC1)C1CCN(C(=O)O)CC1. The minimum Gasteiger partial charge on any atom is -0.465 e. The van der Waals surface area contributed by atoms with Gasteiger partial charge >= 0.3 is 6.09 Å². The smallest absolute Gasteiger partial charge is 0.407 e. The molecule has 0 bridgehead atoms. The molecule has 2 fully saturated rings. The highest BCUT2D eigenvalue weighted by Crippen LogP contribution is 2.41. The molecule has 0 unspecified atom stereocenters. The molecule has 1 saturated carbocycles. The van der Waals surface area contributed by atoms with Crippen LogP contribution in [0.1, 0.15) is 25.7 Å². The standard InChI is InChI=1S/C11H17NO2/c1-8(9-2-3-9)10-4-6-12(7-5-10)11(13)14/h9-10H,1-7H2,(H,13,14). The molecular formula is C11H17NO2. The van der Waals surface area contributed by atoms with E-state index in [-0.39, 0.29) is 0 Å². The second kappa shape index (κ2) is 3.64. The Kier molecular flexibility index (Phi) is 2.48. The Balaban J connectivity index is 1.83. The molecule has 1 amide bonds. The minimum atomic E-state index is -0.777. The maximum absolute atomic E-state index is 10.7. The Morgan fingerprint density at radius 2 is 1.64 bits per heavy atom. The van der Waals surface area contributed by atoms with Crippen molar-refractivity contribution in [2.45, 2.75) is 25.7 Å². The summed E-state index contributed by atoms with van der Waals surface area (Å²) in [5.74, 6) is 1.34. The highest BCUT2D eigenvalue weighted by Gasteiger charge is 2.32. The largest absolute Gasteiger partial charge is 0.465 e. The van der Waals surface area contributed by atoms with Gasteiger partial charge in [-0.15, -0.1) is 0 Å². The van der Waals surface area contributed by atoms with Gasteiger partial charge in [-0.25, -0.2) is 4.79 Å². The van der Waals surface area contributed by atoms with Crippen molar-refractivity contribution in [1.29, 1.82) is 0 Å². The molecule has 1 heterocycles. The summed E-state index contributed by atoms with van der Waals surface area (Å²) in [5, 5.41) is 8.79. The van der Waals surface area contributed by atoms with Gasteiger partial charge in [0.2, 0.25) is 0 Å². The number of allylic oxidation sites excluding steroid dienone is 1. The minimum absolute atomic E-state index is 0.582. The van der Waals surface area contributed by atoms with Crippen LogP contribution in [0.3, 0.4) is 0 Å². The van der Waals surface area contributed by atoms with Gasteiger partial charge in [-0.1, -0.05) is 12.2 Å². The van der Waals surface area contributed by atoms with Gasteiger partial charge in [0.25, 0.3) is 0 Å². The number of hydrogen-bond acceptors (Lipinski definition) is 1. The second-order valence-electron chi connectivity index (χ2n) is 4.39. The third-order valence-corrected chi connectivity index (χ3v) is 3.39. The molecule has 1 N–H and O–H groups in total. The third-order valence-electron chi connectivity index (χ3n) is 3.39. The maximum Gasteiger partial charge on any atom is 0.407 e. The predicted octanol–water partition coefficient (Wildman–Crippen LogP) is 2.34. The lowest BCUT2D eigenvalue weighted by atomic mass is 9.87. The van der Waals surface area contributed by atoms with E-state index in [2.05, 4.69) is 6.58 Å². The molecule has 0 aromatic carbocycles. The van der Waals surface area contributed by atoms with E-state index in [1.807, 2.05) is 0 Å². The lowest BCUT2D eigenvalue weighted by Crippen LogP contribution is -2.37. The molecule has 3 heteroatoms. The van der Waals surface area contributed by atoms with Crippen LogP contribution in [0, 0.1) is 11.8 Å². The fourth-order valence-electron chi connectivity index (χ4n) is 2.23. The van der Waals surface area contributed by atoms with Crippen molar-refractivity contribution in [2.24, 2.45) is 11.8 Å². The van der Waals surface area contributed by atoms with E-state index in [1.165, 1.54) is 23.3 Å². The molecule has 78 valence electrons. The zero-order valence-corrected chi connectivity index (χ0v) is 8.41. The van der Waals surface area contributed by atoms with Gasteiger partial charge in [-0.3, -0.25) is 0 Å². The maximum atomic E-state index is 10.7. The van der Waals surface area contributed by atoms with Gasteiger partial charge in [0.05, 0.1) is 0 Å². The first-order chi connectivity index (χ1) is 6.68. The summed E-state index contributed by atoms with van der Waals surface area (Å²) >= 11 is 0. The van der Waals surface area contributed by atoms with E-state index in [1.54, 1.807) is 0 Å². The zero-order chi connectivity index (χ0) is 10.1. The molecule has 1 aliphatic carbocycles. The lowest BCUT2D eigenvalue weighted by Gasteiger charge is -2.31. The van der Waals surface area contributed by atoms with Crippen LogP contribution in [0.15, 0.2) is 12.2 Å². The summed E-state index contributed by atoms with van der Waals surface area (Å²) < 4.78 is 0. The number of rotatable bonds is 2. The highest BCUT2D eigenvalue weighted by atomic mass is 16.4. The molecule has 0 atom stereocenters. The predicted molar refractivity (Wildman–Crippen MR) is 54.2 cm³/mol. The van der Waals surface area contributed by atoms with Crippen LogP contribution in [0.4, 0.5) is 4.79 Å². The van der Waals surface area contributed by atoms with Gasteiger partial charge in [0.15, 0.2) is 0 Å². The Bertz CT molecular complexity index is 250. The molecule has 2 aliphatic rings. The van der Waals surface area contributed by atoms with Crippen molar-refractivity contribution in [2.75, 3.05) is 13.1 Å². The monoisotopic (exact) mass is 195 g/mol. The summed E-state index contributed by atoms with van der Waals surface area (Å²) in [4.78, 5) is 12.2. The number of likely N-dealkylation sites (tertiary alicyclic amines) is 1. The lowest BCUT2D eigenvalue weighted by molar-refractivity contribution is 0.128. The molecule has 0 aromatic heterocycles. The molecular weight excluding hydrogens is 178 g/mol. The van der Waals surface area contributed by atoms with E-state index in [4.69, 9.17) is 5.11 Å². The quantitative estimate of drug-likeness (QED) is 0.687.